The highest BCUT2D eigenvalue weighted by Crippen LogP contribution is 2.35. The Kier molecular flexibility index (Phi) is 6.36. The zero-order valence-electron chi connectivity index (χ0n) is 16.4. The zero-order chi connectivity index (χ0) is 20.2. The molecule has 0 bridgehead atoms. The predicted molar refractivity (Wildman–Crippen MR) is 100 cm³/mol. The molecule has 0 spiro atoms. The maximum Gasteiger partial charge on any atom is 0.335 e. The summed E-state index contributed by atoms with van der Waals surface area (Å²) in [6.45, 7) is 8.86. The maximum absolute atomic E-state index is 13.1. The number of aliphatic hydroxyl groups is 1. The normalized spacial score (nSPS) is 16.7. The molecule has 7 nitrogen and oxygen atoms in total. The molecule has 1 saturated heterocycles. The number of carboxylic acids is 1. The number of likely N-dealkylation sites (tertiary alicyclic amines) is 1. The van der Waals surface area contributed by atoms with Crippen LogP contribution in [0.3, 0.4) is 0 Å². The summed E-state index contributed by atoms with van der Waals surface area (Å²) in [5, 5.41) is 19.2. The van der Waals surface area contributed by atoms with Gasteiger partial charge in [-0.2, -0.15) is 0 Å². The molecule has 27 heavy (non-hydrogen) atoms. The number of hydrogen-bond acceptors (Lipinski definition) is 5. The molecule has 0 aromatic heterocycles. The van der Waals surface area contributed by atoms with E-state index >= 15 is 0 Å². The molecule has 1 fully saturated rings. The van der Waals surface area contributed by atoms with Crippen LogP contribution >= 0.6 is 0 Å². The van der Waals surface area contributed by atoms with Crippen LogP contribution in [0.4, 0.5) is 0 Å². The van der Waals surface area contributed by atoms with Crippen LogP contribution in [0, 0.1) is 0 Å². The largest absolute Gasteiger partial charge is 0.490 e. The van der Waals surface area contributed by atoms with E-state index in [-0.39, 0.29) is 31.8 Å². The van der Waals surface area contributed by atoms with Gasteiger partial charge in [-0.05, 0) is 45.4 Å². The van der Waals surface area contributed by atoms with E-state index in [1.165, 1.54) is 0 Å². The van der Waals surface area contributed by atoms with Crippen LogP contribution in [0.25, 0.3) is 0 Å². The van der Waals surface area contributed by atoms with E-state index < -0.39 is 17.0 Å². The Morgan fingerprint density at radius 1 is 1.11 bits per heavy atom. The summed E-state index contributed by atoms with van der Waals surface area (Å²) in [6, 6.07) is 5.48. The first kappa shape index (κ1) is 21.0. The van der Waals surface area contributed by atoms with Gasteiger partial charge in [0.2, 0.25) is 5.91 Å². The highest BCUT2D eigenvalue weighted by molar-refractivity contribution is 5.88. The summed E-state index contributed by atoms with van der Waals surface area (Å²) in [5.41, 5.74) is -1.78. The van der Waals surface area contributed by atoms with Gasteiger partial charge < -0.3 is 24.6 Å². The van der Waals surface area contributed by atoms with Gasteiger partial charge in [0.05, 0.1) is 18.6 Å². The third-order valence-corrected chi connectivity index (χ3v) is 5.08. The van der Waals surface area contributed by atoms with E-state index in [0.29, 0.717) is 24.7 Å². The third-order valence-electron chi connectivity index (χ3n) is 5.08. The summed E-state index contributed by atoms with van der Waals surface area (Å²) in [4.78, 5) is 25.9. The minimum absolute atomic E-state index is 0.0254. The van der Waals surface area contributed by atoms with Crippen LogP contribution in [0.5, 0.6) is 11.5 Å². The van der Waals surface area contributed by atoms with Gasteiger partial charge in [0.25, 0.3) is 0 Å². The van der Waals surface area contributed by atoms with Gasteiger partial charge in [-0.15, -0.1) is 0 Å². The van der Waals surface area contributed by atoms with Crippen LogP contribution in [-0.4, -0.2) is 58.9 Å². The number of rotatable bonds is 7. The maximum atomic E-state index is 13.1. The van der Waals surface area contributed by atoms with Crippen molar-refractivity contribution in [2.24, 2.45) is 0 Å². The van der Waals surface area contributed by atoms with E-state index in [9.17, 15) is 14.7 Å². The number of benzene rings is 1. The molecular formula is C20H29NO6. The Hall–Kier alpha value is -2.28. The Labute approximate surface area is 159 Å². The second kappa shape index (κ2) is 8.17. The molecular weight excluding hydrogens is 350 g/mol. The molecule has 2 N–H and O–H groups in total. The molecule has 0 aliphatic carbocycles. The van der Waals surface area contributed by atoms with Crippen molar-refractivity contribution in [1.82, 2.24) is 4.90 Å². The SMILES string of the molecule is CCOc1ccc(C(C)(C)C(=O)N2CCC(O)(C(=O)O)CC2)cc1OCC. The van der Waals surface area contributed by atoms with Crippen LogP contribution < -0.4 is 9.47 Å². The number of amides is 1. The molecule has 0 unspecified atom stereocenters. The lowest BCUT2D eigenvalue weighted by Crippen LogP contribution is -2.54. The molecule has 1 aliphatic rings. The Morgan fingerprint density at radius 2 is 1.67 bits per heavy atom. The average Bonchev–Trinajstić information content (AvgIpc) is 2.63. The van der Waals surface area contributed by atoms with Crippen molar-refractivity contribution in [2.45, 2.75) is 51.6 Å². The highest BCUT2D eigenvalue weighted by Gasteiger charge is 2.43. The molecule has 1 aromatic carbocycles. The van der Waals surface area contributed by atoms with Crippen LogP contribution in [0.2, 0.25) is 0 Å². The lowest BCUT2D eigenvalue weighted by molar-refractivity contribution is -0.166. The topological polar surface area (TPSA) is 96.3 Å². The first-order valence-electron chi connectivity index (χ1n) is 9.31. The average molecular weight is 379 g/mol. The van der Waals surface area contributed by atoms with Gasteiger partial charge in [-0.25, -0.2) is 4.79 Å². The van der Waals surface area contributed by atoms with E-state index in [2.05, 4.69) is 0 Å². The number of aliphatic carboxylic acids is 1. The Morgan fingerprint density at radius 3 is 2.19 bits per heavy atom. The van der Waals surface area contributed by atoms with E-state index in [0.717, 1.165) is 5.56 Å². The second-order valence-electron chi connectivity index (χ2n) is 7.28. The number of ether oxygens (including phenoxy) is 2. The standard InChI is InChI=1S/C20H29NO6/c1-5-26-15-8-7-14(13-16(15)27-6-2)19(3,4)17(22)21-11-9-20(25,10-12-21)18(23)24/h7-8,13,25H,5-6,9-12H2,1-4H3,(H,23,24). The predicted octanol–water partition coefficient (Wildman–Crippen LogP) is 2.20. The smallest absolute Gasteiger partial charge is 0.335 e. The number of hydrogen-bond donors (Lipinski definition) is 2. The summed E-state index contributed by atoms with van der Waals surface area (Å²) >= 11 is 0. The molecule has 0 saturated carbocycles. The Bertz CT molecular complexity index is 692. The first-order valence-corrected chi connectivity index (χ1v) is 9.31. The van der Waals surface area contributed by atoms with Crippen molar-refractivity contribution in [1.29, 1.82) is 0 Å². The molecule has 1 heterocycles. The molecule has 7 heteroatoms. The monoisotopic (exact) mass is 379 g/mol. The van der Waals surface area contributed by atoms with Gasteiger partial charge in [0.15, 0.2) is 17.1 Å². The molecule has 2 rings (SSSR count). The molecule has 0 atom stereocenters. The van der Waals surface area contributed by atoms with Gasteiger partial charge in [-0.3, -0.25) is 4.79 Å². The lowest BCUT2D eigenvalue weighted by atomic mass is 9.81. The zero-order valence-corrected chi connectivity index (χ0v) is 16.4. The van der Waals surface area contributed by atoms with Crippen LogP contribution in [-0.2, 0) is 15.0 Å². The third kappa shape index (κ3) is 4.35. The number of carbonyl (C=O) groups is 2. The molecule has 1 aliphatic heterocycles. The van der Waals surface area contributed by atoms with Crippen molar-refractivity contribution < 1.29 is 29.3 Å². The minimum Gasteiger partial charge on any atom is -0.490 e. The van der Waals surface area contributed by atoms with Gasteiger partial charge in [0, 0.05) is 25.9 Å². The molecule has 150 valence electrons. The summed E-state index contributed by atoms with van der Waals surface area (Å²) in [5.74, 6) is -0.115. The number of nitrogens with zero attached hydrogens (tertiary/aromatic N) is 1. The van der Waals surface area contributed by atoms with Crippen molar-refractivity contribution in [3.63, 3.8) is 0 Å². The minimum atomic E-state index is -1.75. The van der Waals surface area contributed by atoms with Crippen LogP contribution in [0.1, 0.15) is 46.1 Å². The summed E-state index contributed by atoms with van der Waals surface area (Å²) in [7, 11) is 0. The summed E-state index contributed by atoms with van der Waals surface area (Å²) in [6.07, 6.45) is 0.0508. The highest BCUT2D eigenvalue weighted by atomic mass is 16.5. The lowest BCUT2D eigenvalue weighted by Gasteiger charge is -2.39. The number of carbonyl (C=O) groups excluding carboxylic acids is 1. The van der Waals surface area contributed by atoms with Gasteiger partial charge in [-0.1, -0.05) is 6.07 Å². The van der Waals surface area contributed by atoms with Crippen molar-refractivity contribution in [3.05, 3.63) is 23.8 Å². The fourth-order valence-corrected chi connectivity index (χ4v) is 3.25. The van der Waals surface area contributed by atoms with Crippen molar-refractivity contribution >= 4 is 11.9 Å². The van der Waals surface area contributed by atoms with E-state index in [1.807, 2.05) is 39.8 Å². The van der Waals surface area contributed by atoms with Gasteiger partial charge >= 0.3 is 5.97 Å². The van der Waals surface area contributed by atoms with Gasteiger partial charge in [0.1, 0.15) is 0 Å². The van der Waals surface area contributed by atoms with Crippen molar-refractivity contribution in [2.75, 3.05) is 26.3 Å². The second-order valence-corrected chi connectivity index (χ2v) is 7.28. The quantitative estimate of drug-likeness (QED) is 0.754. The fourth-order valence-electron chi connectivity index (χ4n) is 3.25. The molecule has 0 radical (unpaired) electrons. The van der Waals surface area contributed by atoms with E-state index in [1.54, 1.807) is 11.0 Å². The molecule has 1 aromatic rings. The number of carboxylic acid groups (broad SMARTS) is 1. The first-order chi connectivity index (χ1) is 12.7. The summed E-state index contributed by atoms with van der Waals surface area (Å²) < 4.78 is 11.2. The van der Waals surface area contributed by atoms with E-state index in [4.69, 9.17) is 14.6 Å². The van der Waals surface area contributed by atoms with Crippen molar-refractivity contribution in [3.8, 4) is 11.5 Å². The molecule has 1 amide bonds. The fraction of sp³-hybridized carbons (Fsp3) is 0.600. The van der Waals surface area contributed by atoms with Crippen LogP contribution in [0.15, 0.2) is 18.2 Å². The Balaban J connectivity index is 2.21. The number of piperidine rings is 1.